The number of nitrogens with two attached hydrogens (primary N) is 1. The summed E-state index contributed by atoms with van der Waals surface area (Å²) in [6.45, 7) is 1.59. The lowest BCUT2D eigenvalue weighted by Crippen LogP contribution is -2.77. The Kier molecular flexibility index (Phi) is 6.22. The number of hydrogen-bond acceptors (Lipinski definition) is 10. The molecule has 1 aromatic rings. The first-order valence-corrected chi connectivity index (χ1v) is 8.73. The predicted octanol–water partition coefficient (Wildman–Crippen LogP) is -0.755. The predicted molar refractivity (Wildman–Crippen MR) is 93.2 cm³/mol. The van der Waals surface area contributed by atoms with Crippen LogP contribution in [0.5, 0.6) is 0 Å². The van der Waals surface area contributed by atoms with Gasteiger partial charge in [-0.15, -0.1) is 11.3 Å². The average Bonchev–Trinajstić information content (AvgIpc) is 3.06. The lowest BCUT2D eigenvalue weighted by atomic mass is 9.84. The van der Waals surface area contributed by atoms with Gasteiger partial charge in [0.25, 0.3) is 11.8 Å². The van der Waals surface area contributed by atoms with E-state index in [-0.39, 0.29) is 15.9 Å². The molecule has 13 nitrogen and oxygen atoms in total. The average molecular weight is 451 g/mol. The highest BCUT2D eigenvalue weighted by Gasteiger charge is 2.60. The second kappa shape index (κ2) is 8.15. The highest BCUT2D eigenvalue weighted by molar-refractivity contribution is 7.13. The molecule has 1 fully saturated rings. The molecule has 1 atom stereocenters. The normalized spacial score (nSPS) is 18.5. The van der Waals surface area contributed by atoms with E-state index in [1.807, 2.05) is 0 Å². The molecule has 16 heteroatoms. The van der Waals surface area contributed by atoms with E-state index in [0.717, 1.165) is 11.3 Å². The molecule has 0 spiro atoms. The van der Waals surface area contributed by atoms with Crippen molar-refractivity contribution in [3.05, 3.63) is 11.1 Å². The molecular formula is C14H15F2N5O8S. The molecule has 2 amide bonds. The van der Waals surface area contributed by atoms with E-state index in [9.17, 15) is 28.0 Å². The molecule has 1 saturated heterocycles. The Hall–Kier alpha value is -3.40. The van der Waals surface area contributed by atoms with Crippen LogP contribution in [0.2, 0.25) is 0 Å². The number of hydroxylamine groups is 2. The van der Waals surface area contributed by atoms with Crippen molar-refractivity contribution in [3.8, 4) is 0 Å². The number of aromatic nitrogens is 1. The number of anilines is 1. The van der Waals surface area contributed by atoms with Gasteiger partial charge in [-0.05, 0) is 13.8 Å². The van der Waals surface area contributed by atoms with E-state index < -0.39 is 53.8 Å². The molecule has 1 aliphatic heterocycles. The zero-order chi connectivity index (χ0) is 22.9. The number of carbonyl (C=O) groups excluding carboxylic acids is 2. The summed E-state index contributed by atoms with van der Waals surface area (Å²) in [5.74, 6) is -6.19. The Balaban J connectivity index is 2.18. The number of carboxylic acids is 2. The minimum atomic E-state index is -4.67. The highest BCUT2D eigenvalue weighted by Crippen LogP contribution is 2.35. The Morgan fingerprint density at radius 3 is 2.53 bits per heavy atom. The number of halogens is 2. The molecule has 164 valence electrons. The molecule has 1 aromatic heterocycles. The Morgan fingerprint density at radius 1 is 1.43 bits per heavy atom. The molecule has 0 radical (unpaired) electrons. The maximum Gasteiger partial charge on any atom is 0.476 e. The van der Waals surface area contributed by atoms with E-state index in [4.69, 9.17) is 15.9 Å². The molecule has 1 aliphatic rings. The standard InChI is InChI=1S/C14H15F2N5O8S/c1-13(2)8(10(25)21(13)29-14(15,16)11(26)27)19-9(24)7(20-28-3-6(22)23)5-4-30-12(17)18-5/h4,8H,3H2,1-2H3,(H2,17,18)(H,19,24)(H,22,23)(H,26,27)/b20-7-/t8-/m1/s1. The maximum atomic E-state index is 13.3. The highest BCUT2D eigenvalue weighted by atomic mass is 32.1. The first-order valence-electron chi connectivity index (χ1n) is 7.85. The molecule has 0 saturated carbocycles. The number of alkyl halides is 2. The maximum absolute atomic E-state index is 13.3. The molecular weight excluding hydrogens is 436 g/mol. The molecule has 5 N–H and O–H groups in total. The van der Waals surface area contributed by atoms with Crippen molar-refractivity contribution in [1.29, 1.82) is 0 Å². The quantitative estimate of drug-likeness (QED) is 0.211. The second-order valence-corrected chi connectivity index (χ2v) is 7.17. The summed E-state index contributed by atoms with van der Waals surface area (Å²) >= 11 is 0.938. The molecule has 0 unspecified atom stereocenters. The van der Waals surface area contributed by atoms with Crippen molar-refractivity contribution in [1.82, 2.24) is 15.4 Å². The molecule has 2 rings (SSSR count). The summed E-state index contributed by atoms with van der Waals surface area (Å²) < 4.78 is 26.5. The number of nitrogen functional groups attached to an aromatic ring is 1. The number of amides is 2. The van der Waals surface area contributed by atoms with Gasteiger partial charge in [0.15, 0.2) is 10.8 Å². The number of carboxylic acid groups (broad SMARTS) is 2. The number of hydrogen-bond donors (Lipinski definition) is 4. The van der Waals surface area contributed by atoms with Gasteiger partial charge in [0.05, 0.1) is 5.54 Å². The van der Waals surface area contributed by atoms with Crippen LogP contribution in [0, 0.1) is 0 Å². The van der Waals surface area contributed by atoms with Gasteiger partial charge in [0, 0.05) is 5.38 Å². The lowest BCUT2D eigenvalue weighted by molar-refractivity contribution is -0.368. The zero-order valence-corrected chi connectivity index (χ0v) is 16.1. The number of nitrogens with one attached hydrogen (secondary N) is 1. The number of β-lactam (4-membered cyclic amide) rings is 1. The Labute approximate surface area is 170 Å². The van der Waals surface area contributed by atoms with Crippen molar-refractivity contribution in [2.45, 2.75) is 31.5 Å². The van der Waals surface area contributed by atoms with Crippen LogP contribution in [0.3, 0.4) is 0 Å². The van der Waals surface area contributed by atoms with Gasteiger partial charge in [-0.2, -0.15) is 13.6 Å². The summed E-state index contributed by atoms with van der Waals surface area (Å²) in [5.41, 5.74) is 3.31. The second-order valence-electron chi connectivity index (χ2n) is 6.28. The van der Waals surface area contributed by atoms with Crippen LogP contribution in [0.4, 0.5) is 13.9 Å². The third-order valence-electron chi connectivity index (χ3n) is 3.73. The topological polar surface area (TPSA) is 194 Å². The van der Waals surface area contributed by atoms with E-state index >= 15 is 0 Å². The van der Waals surface area contributed by atoms with E-state index in [0.29, 0.717) is 0 Å². The zero-order valence-electron chi connectivity index (χ0n) is 15.3. The minimum Gasteiger partial charge on any atom is -0.479 e. The largest absolute Gasteiger partial charge is 0.479 e. The monoisotopic (exact) mass is 451 g/mol. The fourth-order valence-corrected chi connectivity index (χ4v) is 2.81. The van der Waals surface area contributed by atoms with Gasteiger partial charge in [-0.25, -0.2) is 19.6 Å². The molecule has 0 aliphatic carbocycles. The van der Waals surface area contributed by atoms with Crippen molar-refractivity contribution < 1.29 is 47.8 Å². The van der Waals surface area contributed by atoms with E-state index in [1.165, 1.54) is 19.2 Å². The van der Waals surface area contributed by atoms with Crippen LogP contribution >= 0.6 is 11.3 Å². The summed E-state index contributed by atoms with van der Waals surface area (Å²) in [5, 5.41) is 24.1. The molecule has 0 bridgehead atoms. The van der Waals surface area contributed by atoms with Crippen molar-refractivity contribution in [2.75, 3.05) is 12.3 Å². The molecule has 30 heavy (non-hydrogen) atoms. The van der Waals surface area contributed by atoms with Crippen LogP contribution < -0.4 is 11.1 Å². The summed E-state index contributed by atoms with van der Waals surface area (Å²) in [4.78, 5) is 58.1. The van der Waals surface area contributed by atoms with Gasteiger partial charge < -0.3 is 26.1 Å². The lowest BCUT2D eigenvalue weighted by Gasteiger charge is -2.52. The van der Waals surface area contributed by atoms with Crippen molar-refractivity contribution >= 4 is 45.9 Å². The first-order chi connectivity index (χ1) is 13.8. The number of carbonyl (C=O) groups is 4. The van der Waals surface area contributed by atoms with Crippen LogP contribution in [-0.2, 0) is 28.9 Å². The first kappa shape index (κ1) is 22.9. The van der Waals surface area contributed by atoms with Gasteiger partial charge in [-0.1, -0.05) is 5.16 Å². The SMILES string of the molecule is CC1(C)[C@H](NC(=O)/C(=N\OCC(=O)O)c2csc(N)n2)C(=O)N1OC(F)(F)C(=O)O. The van der Waals surface area contributed by atoms with E-state index in [1.54, 1.807) is 0 Å². The van der Waals surface area contributed by atoms with Crippen LogP contribution in [-0.4, -0.2) is 74.0 Å². The number of aliphatic carboxylic acids is 2. The van der Waals surface area contributed by atoms with Crippen molar-refractivity contribution in [3.63, 3.8) is 0 Å². The summed E-state index contributed by atoms with van der Waals surface area (Å²) in [7, 11) is 0. The Morgan fingerprint density at radius 2 is 2.07 bits per heavy atom. The summed E-state index contributed by atoms with van der Waals surface area (Å²) in [6, 6.07) is -1.41. The van der Waals surface area contributed by atoms with Gasteiger partial charge >= 0.3 is 18.0 Å². The smallest absolute Gasteiger partial charge is 0.476 e. The van der Waals surface area contributed by atoms with Gasteiger partial charge in [0.2, 0.25) is 6.61 Å². The minimum absolute atomic E-state index is 0.0549. The van der Waals surface area contributed by atoms with E-state index in [2.05, 4.69) is 25.1 Å². The van der Waals surface area contributed by atoms with Crippen molar-refractivity contribution in [2.24, 2.45) is 5.16 Å². The third-order valence-corrected chi connectivity index (χ3v) is 4.40. The summed E-state index contributed by atoms with van der Waals surface area (Å²) in [6.07, 6.45) is -4.67. The Bertz CT molecular complexity index is 918. The molecule has 2 heterocycles. The van der Waals surface area contributed by atoms with Gasteiger partial charge in [-0.3, -0.25) is 9.59 Å². The number of nitrogens with zero attached hydrogens (tertiary/aromatic N) is 3. The molecule has 0 aromatic carbocycles. The number of thiazole rings is 1. The fraction of sp³-hybridized carbons (Fsp3) is 0.429. The van der Waals surface area contributed by atoms with Crippen LogP contribution in [0.25, 0.3) is 0 Å². The van der Waals surface area contributed by atoms with Crippen LogP contribution in [0.15, 0.2) is 10.5 Å². The van der Waals surface area contributed by atoms with Crippen LogP contribution in [0.1, 0.15) is 19.5 Å². The fourth-order valence-electron chi connectivity index (χ4n) is 2.26. The number of oxime groups is 1. The third kappa shape index (κ3) is 4.60. The number of rotatable bonds is 9. The van der Waals surface area contributed by atoms with Gasteiger partial charge in [0.1, 0.15) is 11.7 Å².